The Hall–Kier alpha value is -0.380. The van der Waals surface area contributed by atoms with E-state index >= 15 is 0 Å². The average Bonchev–Trinajstić information content (AvgIpc) is 2.69. The highest BCUT2D eigenvalue weighted by Gasteiger charge is 2.33. The van der Waals surface area contributed by atoms with Gasteiger partial charge in [-0.05, 0) is 38.0 Å². The molecule has 1 aliphatic heterocycles. The van der Waals surface area contributed by atoms with Crippen LogP contribution in [0.25, 0.3) is 0 Å². The normalized spacial score (nSPS) is 32.7. The summed E-state index contributed by atoms with van der Waals surface area (Å²) < 4.78 is 5.86. The lowest BCUT2D eigenvalue weighted by Gasteiger charge is -2.28. The van der Waals surface area contributed by atoms with Crippen LogP contribution in [0.2, 0.25) is 0 Å². The first kappa shape index (κ1) is 13.1. The number of rotatable bonds is 3. The van der Waals surface area contributed by atoms with Gasteiger partial charge in [0.25, 0.3) is 0 Å². The van der Waals surface area contributed by atoms with E-state index in [0.717, 1.165) is 13.0 Å². The molecule has 0 spiro atoms. The van der Waals surface area contributed by atoms with Crippen molar-refractivity contribution in [1.82, 2.24) is 5.43 Å². The molecule has 0 saturated carbocycles. The van der Waals surface area contributed by atoms with Crippen molar-refractivity contribution in [3.63, 3.8) is 0 Å². The SMILES string of the molecule is CC1CCOC1C(NN)C1=CCCCCCC1. The molecule has 3 heteroatoms. The van der Waals surface area contributed by atoms with Crippen molar-refractivity contribution in [1.29, 1.82) is 0 Å². The number of nitrogens with two attached hydrogens (primary N) is 1. The molecule has 2 aliphatic rings. The van der Waals surface area contributed by atoms with Crippen molar-refractivity contribution in [3.8, 4) is 0 Å². The molecule has 2 rings (SSSR count). The van der Waals surface area contributed by atoms with Gasteiger partial charge in [-0.25, -0.2) is 0 Å². The van der Waals surface area contributed by atoms with E-state index in [4.69, 9.17) is 10.6 Å². The number of allylic oxidation sites excluding steroid dienone is 1. The predicted octanol–water partition coefficient (Wildman–Crippen LogP) is 2.52. The Morgan fingerprint density at radius 1 is 1.35 bits per heavy atom. The van der Waals surface area contributed by atoms with Gasteiger partial charge in [0, 0.05) is 6.61 Å². The van der Waals surface area contributed by atoms with Gasteiger partial charge in [0.05, 0.1) is 12.1 Å². The Balaban J connectivity index is 2.04. The first-order valence-electron chi connectivity index (χ1n) is 7.09. The second-order valence-corrected chi connectivity index (χ2v) is 5.48. The van der Waals surface area contributed by atoms with Crippen molar-refractivity contribution in [2.24, 2.45) is 11.8 Å². The van der Waals surface area contributed by atoms with Crippen LogP contribution >= 0.6 is 0 Å². The predicted molar refractivity (Wildman–Crippen MR) is 70.4 cm³/mol. The summed E-state index contributed by atoms with van der Waals surface area (Å²) in [7, 11) is 0. The molecular formula is C14H26N2O. The van der Waals surface area contributed by atoms with Crippen LogP contribution < -0.4 is 11.3 Å². The van der Waals surface area contributed by atoms with E-state index in [1.54, 1.807) is 0 Å². The van der Waals surface area contributed by atoms with Gasteiger partial charge in [-0.15, -0.1) is 0 Å². The van der Waals surface area contributed by atoms with E-state index < -0.39 is 0 Å². The number of nitrogens with one attached hydrogen (secondary N) is 1. The summed E-state index contributed by atoms with van der Waals surface area (Å²) in [6.45, 7) is 3.16. The summed E-state index contributed by atoms with van der Waals surface area (Å²) in [6, 6.07) is 0.227. The van der Waals surface area contributed by atoms with Crippen LogP contribution in [0.4, 0.5) is 0 Å². The van der Waals surface area contributed by atoms with Crippen LogP contribution in [0.3, 0.4) is 0 Å². The summed E-state index contributed by atoms with van der Waals surface area (Å²) in [6.07, 6.45) is 11.6. The first-order chi connectivity index (χ1) is 8.33. The Bertz CT molecular complexity index is 265. The lowest BCUT2D eigenvalue weighted by Crippen LogP contribution is -2.47. The van der Waals surface area contributed by atoms with E-state index in [0.29, 0.717) is 5.92 Å². The quantitative estimate of drug-likeness (QED) is 0.451. The molecule has 3 atom stereocenters. The smallest absolute Gasteiger partial charge is 0.0805 e. The lowest BCUT2D eigenvalue weighted by molar-refractivity contribution is 0.0700. The van der Waals surface area contributed by atoms with Crippen molar-refractivity contribution in [3.05, 3.63) is 11.6 Å². The highest BCUT2D eigenvalue weighted by molar-refractivity contribution is 5.15. The summed E-state index contributed by atoms with van der Waals surface area (Å²) >= 11 is 0. The average molecular weight is 238 g/mol. The molecule has 3 N–H and O–H groups in total. The zero-order valence-corrected chi connectivity index (χ0v) is 11.0. The molecule has 0 amide bonds. The summed E-state index contributed by atoms with van der Waals surface area (Å²) in [4.78, 5) is 0. The van der Waals surface area contributed by atoms with E-state index in [2.05, 4.69) is 18.4 Å². The largest absolute Gasteiger partial charge is 0.376 e. The van der Waals surface area contributed by atoms with Gasteiger partial charge in [0.1, 0.15) is 0 Å². The molecule has 0 radical (unpaired) electrons. The van der Waals surface area contributed by atoms with Crippen LogP contribution in [0.1, 0.15) is 51.9 Å². The van der Waals surface area contributed by atoms with E-state index in [1.807, 2.05) is 0 Å². The third-order valence-corrected chi connectivity index (χ3v) is 4.18. The molecule has 0 aromatic carbocycles. The zero-order valence-electron chi connectivity index (χ0n) is 11.0. The Morgan fingerprint density at radius 3 is 2.88 bits per heavy atom. The summed E-state index contributed by atoms with van der Waals surface area (Å²) in [5.74, 6) is 6.38. The van der Waals surface area contributed by atoms with Gasteiger partial charge in [-0.1, -0.05) is 31.4 Å². The van der Waals surface area contributed by atoms with Crippen LogP contribution in [0.15, 0.2) is 11.6 Å². The molecule has 0 bridgehead atoms. The van der Waals surface area contributed by atoms with Gasteiger partial charge in [0.2, 0.25) is 0 Å². The number of ether oxygens (including phenoxy) is 1. The molecule has 1 fully saturated rings. The van der Waals surface area contributed by atoms with Gasteiger partial charge in [-0.2, -0.15) is 0 Å². The summed E-state index contributed by atoms with van der Waals surface area (Å²) in [5, 5.41) is 0. The fourth-order valence-electron chi connectivity index (χ4n) is 3.06. The molecular weight excluding hydrogens is 212 g/mol. The number of hydrogen-bond acceptors (Lipinski definition) is 3. The summed E-state index contributed by atoms with van der Waals surface area (Å²) in [5.41, 5.74) is 4.48. The van der Waals surface area contributed by atoms with Crippen molar-refractivity contribution < 1.29 is 4.74 Å². The highest BCUT2D eigenvalue weighted by atomic mass is 16.5. The molecule has 0 aromatic rings. The van der Waals surface area contributed by atoms with Gasteiger partial charge in [0.15, 0.2) is 0 Å². The maximum atomic E-state index is 5.86. The van der Waals surface area contributed by atoms with Gasteiger partial charge < -0.3 is 4.74 Å². The van der Waals surface area contributed by atoms with Crippen LogP contribution in [0, 0.1) is 5.92 Å². The Labute approximate surface area is 105 Å². The van der Waals surface area contributed by atoms with Gasteiger partial charge >= 0.3 is 0 Å². The van der Waals surface area contributed by atoms with Gasteiger partial charge in [-0.3, -0.25) is 11.3 Å². The molecule has 1 heterocycles. The minimum absolute atomic E-state index is 0.227. The maximum absolute atomic E-state index is 5.86. The molecule has 1 saturated heterocycles. The molecule has 1 aliphatic carbocycles. The minimum Gasteiger partial charge on any atom is -0.376 e. The minimum atomic E-state index is 0.227. The molecule has 3 nitrogen and oxygen atoms in total. The molecule has 0 aromatic heterocycles. The molecule has 17 heavy (non-hydrogen) atoms. The number of hydrogen-bond donors (Lipinski definition) is 2. The van der Waals surface area contributed by atoms with Crippen molar-refractivity contribution in [2.45, 2.75) is 64.0 Å². The van der Waals surface area contributed by atoms with Crippen molar-refractivity contribution in [2.75, 3.05) is 6.61 Å². The Kier molecular flexibility index (Phi) is 5.01. The van der Waals surface area contributed by atoms with Crippen LogP contribution in [-0.4, -0.2) is 18.8 Å². The molecule has 98 valence electrons. The van der Waals surface area contributed by atoms with E-state index in [9.17, 15) is 0 Å². The Morgan fingerprint density at radius 2 is 2.18 bits per heavy atom. The monoisotopic (exact) mass is 238 g/mol. The maximum Gasteiger partial charge on any atom is 0.0805 e. The molecule has 3 unspecified atom stereocenters. The highest BCUT2D eigenvalue weighted by Crippen LogP contribution is 2.29. The first-order valence-corrected chi connectivity index (χ1v) is 7.09. The van der Waals surface area contributed by atoms with Crippen LogP contribution in [0.5, 0.6) is 0 Å². The number of hydrazine groups is 1. The lowest BCUT2D eigenvalue weighted by atomic mass is 9.88. The second-order valence-electron chi connectivity index (χ2n) is 5.48. The third kappa shape index (κ3) is 3.30. The zero-order chi connectivity index (χ0) is 12.1. The standard InChI is InChI=1S/C14H26N2O/c1-11-9-10-17-14(11)13(16-15)12-7-5-3-2-4-6-8-12/h7,11,13-14,16H,2-6,8-10,15H2,1H3. The van der Waals surface area contributed by atoms with Crippen molar-refractivity contribution >= 4 is 0 Å². The van der Waals surface area contributed by atoms with E-state index in [-0.39, 0.29) is 12.1 Å². The topological polar surface area (TPSA) is 47.3 Å². The fraction of sp³-hybridized carbons (Fsp3) is 0.857. The second kappa shape index (κ2) is 6.53. The van der Waals surface area contributed by atoms with E-state index in [1.165, 1.54) is 44.1 Å². The fourth-order valence-corrected chi connectivity index (χ4v) is 3.06. The van der Waals surface area contributed by atoms with Crippen LogP contribution in [-0.2, 0) is 4.74 Å². The third-order valence-electron chi connectivity index (χ3n) is 4.18.